The van der Waals surface area contributed by atoms with Gasteiger partial charge < -0.3 is 5.32 Å². The highest BCUT2D eigenvalue weighted by atomic mass is 79.9. The Morgan fingerprint density at radius 1 is 1.39 bits per heavy atom. The summed E-state index contributed by atoms with van der Waals surface area (Å²) in [7, 11) is 0. The molecule has 0 fully saturated rings. The van der Waals surface area contributed by atoms with Crippen LogP contribution in [0.4, 0.5) is 0 Å². The Labute approximate surface area is 128 Å². The zero-order chi connectivity index (χ0) is 13.4. The molecule has 0 atom stereocenters. The van der Waals surface area contributed by atoms with Crippen molar-refractivity contribution in [3.8, 4) is 0 Å². The van der Waals surface area contributed by atoms with Gasteiger partial charge in [0.2, 0.25) is 5.91 Å². The Morgan fingerprint density at radius 3 is 2.56 bits per heavy atom. The molecular formula is C10H14BrN3OS3. The second-order valence-electron chi connectivity index (χ2n) is 3.28. The number of nitrogens with zero attached hydrogens (tertiary/aromatic N) is 2. The van der Waals surface area contributed by atoms with E-state index in [0.717, 1.165) is 31.9 Å². The Bertz CT molecular complexity index is 411. The van der Waals surface area contributed by atoms with Gasteiger partial charge in [0.05, 0.1) is 5.75 Å². The van der Waals surface area contributed by atoms with Crippen molar-refractivity contribution in [2.24, 2.45) is 0 Å². The Kier molecular flexibility index (Phi) is 7.96. The summed E-state index contributed by atoms with van der Waals surface area (Å²) in [5, 5.41) is 10.9. The fourth-order valence-electron chi connectivity index (χ4n) is 0.897. The van der Waals surface area contributed by atoms with Crippen molar-refractivity contribution in [3.63, 3.8) is 0 Å². The second-order valence-corrected chi connectivity index (χ2v) is 7.82. The Balaban J connectivity index is 2.30. The molecule has 0 unspecified atom stereocenters. The van der Waals surface area contributed by atoms with Crippen molar-refractivity contribution < 1.29 is 4.79 Å². The highest BCUT2D eigenvalue weighted by Crippen LogP contribution is 2.30. The van der Waals surface area contributed by atoms with Gasteiger partial charge >= 0.3 is 0 Å². The van der Waals surface area contributed by atoms with Crippen molar-refractivity contribution >= 4 is 56.7 Å². The highest BCUT2D eigenvalue weighted by Gasteiger charge is 2.08. The van der Waals surface area contributed by atoms with Gasteiger partial charge in [0, 0.05) is 12.3 Å². The van der Waals surface area contributed by atoms with E-state index in [1.807, 2.05) is 6.92 Å². The van der Waals surface area contributed by atoms with Gasteiger partial charge in [-0.15, -0.1) is 10.2 Å². The molecule has 0 aliphatic carbocycles. The number of carbonyl (C=O) groups excluding carboxylic acids is 1. The van der Waals surface area contributed by atoms with Crippen molar-refractivity contribution in [2.45, 2.75) is 22.0 Å². The molecule has 18 heavy (non-hydrogen) atoms. The van der Waals surface area contributed by atoms with Gasteiger partial charge in [-0.2, -0.15) is 0 Å². The van der Waals surface area contributed by atoms with Crippen LogP contribution in [0.2, 0.25) is 0 Å². The van der Waals surface area contributed by atoms with E-state index in [1.165, 1.54) is 23.1 Å². The van der Waals surface area contributed by atoms with Gasteiger partial charge in [0.15, 0.2) is 8.68 Å². The summed E-state index contributed by atoms with van der Waals surface area (Å²) in [5.41, 5.74) is 0. The van der Waals surface area contributed by atoms with Gasteiger partial charge in [-0.1, -0.05) is 64.3 Å². The molecule has 0 saturated heterocycles. The third kappa shape index (κ3) is 6.77. The normalized spacial score (nSPS) is 10.3. The number of nitrogens with one attached hydrogen (secondary N) is 1. The zero-order valence-corrected chi connectivity index (χ0v) is 14.0. The van der Waals surface area contributed by atoms with Gasteiger partial charge in [0.25, 0.3) is 0 Å². The van der Waals surface area contributed by atoms with E-state index in [0.29, 0.717) is 5.75 Å². The van der Waals surface area contributed by atoms with Crippen molar-refractivity contribution in [1.82, 2.24) is 15.5 Å². The molecule has 0 bridgehead atoms. The molecule has 0 aromatic carbocycles. The van der Waals surface area contributed by atoms with E-state index in [9.17, 15) is 4.79 Å². The predicted molar refractivity (Wildman–Crippen MR) is 82.7 cm³/mol. The molecule has 1 N–H and O–H groups in total. The minimum atomic E-state index is 0.0417. The Hall–Kier alpha value is -0.0500. The van der Waals surface area contributed by atoms with Gasteiger partial charge in [-0.05, 0) is 10.9 Å². The minimum absolute atomic E-state index is 0.0417. The molecule has 0 aliphatic heterocycles. The first-order valence-corrected chi connectivity index (χ1v) is 8.89. The number of amides is 1. The van der Waals surface area contributed by atoms with E-state index in [1.54, 1.807) is 11.8 Å². The number of halogens is 1. The maximum absolute atomic E-state index is 11.4. The summed E-state index contributed by atoms with van der Waals surface area (Å²) in [5.74, 6) is 1.21. The topological polar surface area (TPSA) is 54.9 Å². The van der Waals surface area contributed by atoms with Crippen LogP contribution in [0.25, 0.3) is 0 Å². The van der Waals surface area contributed by atoms with Crippen LogP contribution in [-0.4, -0.2) is 34.2 Å². The number of aromatic nitrogens is 2. The zero-order valence-electron chi connectivity index (χ0n) is 9.94. The lowest BCUT2D eigenvalue weighted by Gasteiger charge is -2.00. The molecular weight excluding hydrogens is 354 g/mol. The molecule has 0 saturated carbocycles. The number of carbonyl (C=O) groups is 1. The highest BCUT2D eigenvalue weighted by molar-refractivity contribution is 9.11. The number of hydrogen-bond acceptors (Lipinski definition) is 6. The fourth-order valence-corrected chi connectivity index (χ4v) is 3.84. The first-order valence-electron chi connectivity index (χ1n) is 5.31. The quantitative estimate of drug-likeness (QED) is 0.715. The number of thioether (sulfide) groups is 2. The Morgan fingerprint density at radius 2 is 2.00 bits per heavy atom. The van der Waals surface area contributed by atoms with Crippen molar-refractivity contribution in [1.29, 1.82) is 0 Å². The average Bonchev–Trinajstić information content (AvgIpc) is 2.79. The molecule has 4 nitrogen and oxygen atoms in total. The van der Waals surface area contributed by atoms with Crippen LogP contribution in [0.1, 0.15) is 13.3 Å². The van der Waals surface area contributed by atoms with Crippen LogP contribution in [0.3, 0.4) is 0 Å². The molecule has 1 heterocycles. The maximum atomic E-state index is 11.4. The standard InChI is InChI=1S/C10H14BrN3OS3/c1-3-4-12-8(15)6-17-10-14-13-9(18-10)16-5-7(2)11/h2-6H2,1H3,(H,12,15). The van der Waals surface area contributed by atoms with Crippen LogP contribution in [0.5, 0.6) is 0 Å². The third-order valence-electron chi connectivity index (χ3n) is 1.64. The first kappa shape index (κ1) is 16.0. The van der Waals surface area contributed by atoms with Gasteiger partial charge in [-0.25, -0.2) is 0 Å². The average molecular weight is 368 g/mol. The monoisotopic (exact) mass is 367 g/mol. The molecule has 0 spiro atoms. The summed E-state index contributed by atoms with van der Waals surface area (Å²) in [6, 6.07) is 0. The van der Waals surface area contributed by atoms with Crippen LogP contribution >= 0.6 is 50.8 Å². The van der Waals surface area contributed by atoms with Crippen LogP contribution < -0.4 is 5.32 Å². The predicted octanol–water partition coefficient (Wildman–Crippen LogP) is 3.16. The fraction of sp³-hybridized carbons (Fsp3) is 0.500. The van der Waals surface area contributed by atoms with Crippen molar-refractivity contribution in [3.05, 3.63) is 11.1 Å². The molecule has 0 aliphatic rings. The van der Waals surface area contributed by atoms with Crippen LogP contribution in [0, 0.1) is 0 Å². The molecule has 1 rings (SSSR count). The lowest BCUT2D eigenvalue weighted by atomic mass is 10.5. The van der Waals surface area contributed by atoms with E-state index in [-0.39, 0.29) is 5.91 Å². The molecule has 1 aromatic heterocycles. The molecule has 100 valence electrons. The maximum Gasteiger partial charge on any atom is 0.230 e. The first-order chi connectivity index (χ1) is 8.61. The molecule has 1 amide bonds. The van der Waals surface area contributed by atoms with Crippen LogP contribution in [0.15, 0.2) is 19.7 Å². The van der Waals surface area contributed by atoms with E-state index in [4.69, 9.17) is 0 Å². The summed E-state index contributed by atoms with van der Waals surface area (Å²) >= 11 is 7.80. The summed E-state index contributed by atoms with van der Waals surface area (Å²) in [6.07, 6.45) is 0.951. The second kappa shape index (κ2) is 8.95. The third-order valence-corrected chi connectivity index (χ3v) is 5.57. The SMILES string of the molecule is C=C(Br)CSc1nnc(SCC(=O)NCCC)s1. The van der Waals surface area contributed by atoms with E-state index in [2.05, 4.69) is 38.0 Å². The van der Waals surface area contributed by atoms with Gasteiger partial charge in [0.1, 0.15) is 0 Å². The number of hydrogen-bond donors (Lipinski definition) is 1. The van der Waals surface area contributed by atoms with Crippen LogP contribution in [-0.2, 0) is 4.79 Å². The molecule has 0 radical (unpaired) electrons. The summed E-state index contributed by atoms with van der Waals surface area (Å²) < 4.78 is 2.65. The van der Waals surface area contributed by atoms with Gasteiger partial charge in [-0.3, -0.25) is 4.79 Å². The minimum Gasteiger partial charge on any atom is -0.355 e. The smallest absolute Gasteiger partial charge is 0.230 e. The molecule has 8 heteroatoms. The largest absolute Gasteiger partial charge is 0.355 e. The lowest BCUT2D eigenvalue weighted by Crippen LogP contribution is -2.25. The van der Waals surface area contributed by atoms with E-state index >= 15 is 0 Å². The molecule has 1 aromatic rings. The van der Waals surface area contributed by atoms with E-state index < -0.39 is 0 Å². The summed E-state index contributed by atoms with van der Waals surface area (Å²) in [6.45, 7) is 6.51. The summed E-state index contributed by atoms with van der Waals surface area (Å²) in [4.78, 5) is 11.4. The van der Waals surface area contributed by atoms with Crippen molar-refractivity contribution in [2.75, 3.05) is 18.1 Å². The number of rotatable bonds is 8. The lowest BCUT2D eigenvalue weighted by molar-refractivity contribution is -0.118.